The predicted molar refractivity (Wildman–Crippen MR) is 59.7 cm³/mol. The Bertz CT molecular complexity index is 179. The van der Waals surface area contributed by atoms with E-state index in [-0.39, 0.29) is 11.8 Å². The molecule has 1 saturated heterocycles. The Balaban J connectivity index is 2.02. The fourth-order valence-electron chi connectivity index (χ4n) is 1.76. The maximum absolute atomic E-state index is 11.7. The van der Waals surface area contributed by atoms with Crippen LogP contribution in [0.4, 0.5) is 0 Å². The van der Waals surface area contributed by atoms with Crippen LogP contribution in [0, 0.1) is 5.92 Å². The summed E-state index contributed by atoms with van der Waals surface area (Å²) in [6.07, 6.45) is 2.85. The summed E-state index contributed by atoms with van der Waals surface area (Å²) in [6.45, 7) is 6.15. The Hall–Kier alpha value is -0.610. The maximum atomic E-state index is 11.7. The lowest BCUT2D eigenvalue weighted by atomic mass is 9.97. The highest BCUT2D eigenvalue weighted by atomic mass is 16.5. The summed E-state index contributed by atoms with van der Waals surface area (Å²) in [4.78, 5) is 11.7. The van der Waals surface area contributed by atoms with Crippen LogP contribution in [0.1, 0.15) is 26.2 Å². The number of carbonyl (C=O) groups is 1. The Kier molecular flexibility index (Phi) is 6.36. The van der Waals surface area contributed by atoms with E-state index in [1.54, 1.807) is 0 Å². The lowest BCUT2D eigenvalue weighted by molar-refractivity contribution is -0.125. The molecule has 0 atom stereocenters. The van der Waals surface area contributed by atoms with Gasteiger partial charge in [-0.1, -0.05) is 0 Å². The van der Waals surface area contributed by atoms with Crippen molar-refractivity contribution in [2.45, 2.75) is 26.2 Å². The van der Waals surface area contributed by atoms with Crippen LogP contribution in [-0.4, -0.2) is 38.8 Å². The van der Waals surface area contributed by atoms with E-state index in [1.165, 1.54) is 0 Å². The van der Waals surface area contributed by atoms with Crippen molar-refractivity contribution < 1.29 is 9.53 Å². The van der Waals surface area contributed by atoms with Gasteiger partial charge in [-0.2, -0.15) is 0 Å². The third-order valence-electron chi connectivity index (χ3n) is 2.68. The van der Waals surface area contributed by atoms with Gasteiger partial charge in [-0.05, 0) is 39.3 Å². The van der Waals surface area contributed by atoms with Gasteiger partial charge in [-0.3, -0.25) is 4.79 Å². The van der Waals surface area contributed by atoms with Crippen molar-refractivity contribution in [3.8, 4) is 0 Å². The molecule has 1 rings (SSSR count). The Morgan fingerprint density at radius 3 is 2.87 bits per heavy atom. The van der Waals surface area contributed by atoms with Crippen LogP contribution in [0.25, 0.3) is 0 Å². The SMILES string of the molecule is CCOCCCNC(=O)C1CCNCC1. The van der Waals surface area contributed by atoms with Gasteiger partial charge in [-0.15, -0.1) is 0 Å². The van der Waals surface area contributed by atoms with Crippen molar-refractivity contribution in [1.82, 2.24) is 10.6 Å². The van der Waals surface area contributed by atoms with E-state index >= 15 is 0 Å². The van der Waals surface area contributed by atoms with Gasteiger partial charge < -0.3 is 15.4 Å². The second kappa shape index (κ2) is 7.65. The minimum atomic E-state index is 0.216. The number of rotatable bonds is 6. The molecule has 0 aromatic carbocycles. The average molecular weight is 214 g/mol. The van der Waals surface area contributed by atoms with Crippen LogP contribution in [0.2, 0.25) is 0 Å². The maximum Gasteiger partial charge on any atom is 0.223 e. The first-order valence-corrected chi connectivity index (χ1v) is 5.90. The van der Waals surface area contributed by atoms with Crippen LogP contribution in [0.5, 0.6) is 0 Å². The molecule has 0 unspecified atom stereocenters. The van der Waals surface area contributed by atoms with Crippen LogP contribution < -0.4 is 10.6 Å². The zero-order valence-corrected chi connectivity index (χ0v) is 9.55. The molecule has 1 heterocycles. The topological polar surface area (TPSA) is 50.4 Å². The number of amides is 1. The molecule has 4 nitrogen and oxygen atoms in total. The van der Waals surface area contributed by atoms with E-state index in [0.717, 1.165) is 52.1 Å². The van der Waals surface area contributed by atoms with Crippen LogP contribution in [0.15, 0.2) is 0 Å². The van der Waals surface area contributed by atoms with Crippen molar-refractivity contribution in [3.05, 3.63) is 0 Å². The summed E-state index contributed by atoms with van der Waals surface area (Å²) < 4.78 is 5.20. The second-order valence-electron chi connectivity index (χ2n) is 3.87. The molecule has 1 fully saturated rings. The van der Waals surface area contributed by atoms with Crippen molar-refractivity contribution in [3.63, 3.8) is 0 Å². The molecule has 0 radical (unpaired) electrons. The van der Waals surface area contributed by atoms with Gasteiger partial charge in [0, 0.05) is 25.7 Å². The zero-order valence-electron chi connectivity index (χ0n) is 9.55. The lowest BCUT2D eigenvalue weighted by Crippen LogP contribution is -2.38. The lowest BCUT2D eigenvalue weighted by Gasteiger charge is -2.21. The summed E-state index contributed by atoms with van der Waals surface area (Å²) in [7, 11) is 0. The molecule has 0 saturated carbocycles. The molecule has 1 aliphatic rings. The highest BCUT2D eigenvalue weighted by Gasteiger charge is 2.19. The number of hydrogen-bond donors (Lipinski definition) is 2. The molecule has 0 spiro atoms. The standard InChI is InChI=1S/C11H22N2O2/c1-2-15-9-3-6-13-11(14)10-4-7-12-8-5-10/h10,12H,2-9H2,1H3,(H,13,14). The van der Waals surface area contributed by atoms with E-state index in [1.807, 2.05) is 6.92 Å². The normalized spacial score (nSPS) is 17.7. The summed E-state index contributed by atoms with van der Waals surface area (Å²) in [5.41, 5.74) is 0. The average Bonchev–Trinajstić information content (AvgIpc) is 2.30. The van der Waals surface area contributed by atoms with Gasteiger partial charge in [0.1, 0.15) is 0 Å². The van der Waals surface area contributed by atoms with Crippen molar-refractivity contribution in [2.75, 3.05) is 32.8 Å². The summed E-state index contributed by atoms with van der Waals surface area (Å²) in [5, 5.41) is 6.22. The van der Waals surface area contributed by atoms with Crippen molar-refractivity contribution in [1.29, 1.82) is 0 Å². The molecule has 1 amide bonds. The molecular formula is C11H22N2O2. The zero-order chi connectivity index (χ0) is 10.9. The first kappa shape index (κ1) is 12.5. The van der Waals surface area contributed by atoms with E-state index in [2.05, 4.69) is 10.6 Å². The van der Waals surface area contributed by atoms with Gasteiger partial charge >= 0.3 is 0 Å². The fraction of sp³-hybridized carbons (Fsp3) is 0.909. The number of nitrogens with one attached hydrogen (secondary N) is 2. The van der Waals surface area contributed by atoms with E-state index in [9.17, 15) is 4.79 Å². The minimum absolute atomic E-state index is 0.216. The monoisotopic (exact) mass is 214 g/mol. The number of piperidine rings is 1. The van der Waals surface area contributed by atoms with E-state index in [0.29, 0.717) is 0 Å². The van der Waals surface area contributed by atoms with Gasteiger partial charge in [0.05, 0.1) is 0 Å². The molecule has 0 aromatic rings. The first-order valence-electron chi connectivity index (χ1n) is 5.90. The molecule has 88 valence electrons. The quantitative estimate of drug-likeness (QED) is 0.634. The molecule has 0 aromatic heterocycles. The highest BCUT2D eigenvalue weighted by molar-refractivity contribution is 5.78. The number of ether oxygens (including phenoxy) is 1. The summed E-state index contributed by atoms with van der Waals surface area (Å²) >= 11 is 0. The third kappa shape index (κ3) is 5.14. The molecular weight excluding hydrogens is 192 g/mol. The van der Waals surface area contributed by atoms with Gasteiger partial charge in [-0.25, -0.2) is 0 Å². The molecule has 4 heteroatoms. The molecule has 2 N–H and O–H groups in total. The van der Waals surface area contributed by atoms with Crippen molar-refractivity contribution in [2.24, 2.45) is 5.92 Å². The first-order chi connectivity index (χ1) is 7.34. The second-order valence-corrected chi connectivity index (χ2v) is 3.87. The largest absolute Gasteiger partial charge is 0.382 e. The Morgan fingerprint density at radius 1 is 1.47 bits per heavy atom. The van der Waals surface area contributed by atoms with Crippen LogP contribution in [-0.2, 0) is 9.53 Å². The third-order valence-corrected chi connectivity index (χ3v) is 2.68. The summed E-state index contributed by atoms with van der Waals surface area (Å²) in [6, 6.07) is 0. The smallest absolute Gasteiger partial charge is 0.223 e. The molecule has 15 heavy (non-hydrogen) atoms. The Morgan fingerprint density at radius 2 is 2.20 bits per heavy atom. The van der Waals surface area contributed by atoms with Gasteiger partial charge in [0.25, 0.3) is 0 Å². The van der Waals surface area contributed by atoms with Gasteiger partial charge in [0.2, 0.25) is 5.91 Å². The van der Waals surface area contributed by atoms with Gasteiger partial charge in [0.15, 0.2) is 0 Å². The molecule has 1 aliphatic heterocycles. The van der Waals surface area contributed by atoms with E-state index in [4.69, 9.17) is 4.74 Å². The van der Waals surface area contributed by atoms with Crippen LogP contribution in [0.3, 0.4) is 0 Å². The minimum Gasteiger partial charge on any atom is -0.382 e. The fourth-order valence-corrected chi connectivity index (χ4v) is 1.76. The van der Waals surface area contributed by atoms with Crippen LogP contribution >= 0.6 is 0 Å². The Labute approximate surface area is 91.8 Å². The summed E-state index contributed by atoms with van der Waals surface area (Å²) in [5.74, 6) is 0.436. The highest BCUT2D eigenvalue weighted by Crippen LogP contribution is 2.10. The number of hydrogen-bond acceptors (Lipinski definition) is 3. The van der Waals surface area contributed by atoms with E-state index < -0.39 is 0 Å². The molecule has 0 aliphatic carbocycles. The predicted octanol–water partition coefficient (Wildman–Crippen LogP) is 0.529. The van der Waals surface area contributed by atoms with Crippen molar-refractivity contribution >= 4 is 5.91 Å². The number of carbonyl (C=O) groups excluding carboxylic acids is 1. The molecule has 0 bridgehead atoms.